The number of anilines is 1. The number of nitrogens with zero attached hydrogens (tertiary/aromatic N) is 1. The topological polar surface area (TPSA) is 97.0 Å². The van der Waals surface area contributed by atoms with Gasteiger partial charge in [0.15, 0.2) is 0 Å². The Balaban J connectivity index is 0.00000243. The van der Waals surface area contributed by atoms with Gasteiger partial charge in [0.1, 0.15) is 16.8 Å². The highest BCUT2D eigenvalue weighted by Crippen LogP contribution is 2.24. The molecule has 0 bridgehead atoms. The molecule has 1 aromatic rings. The van der Waals surface area contributed by atoms with Crippen LogP contribution in [0.2, 0.25) is 0 Å². The summed E-state index contributed by atoms with van der Waals surface area (Å²) in [4.78, 5) is 11.7. The zero-order valence-electron chi connectivity index (χ0n) is 13.9. The maximum absolute atomic E-state index is 14.1. The summed E-state index contributed by atoms with van der Waals surface area (Å²) >= 11 is 0. The molecule has 11 heteroatoms. The molecule has 2 fully saturated rings. The van der Waals surface area contributed by atoms with Crippen LogP contribution in [-0.2, 0) is 24.3 Å². The quantitative estimate of drug-likeness (QED) is 0.737. The Morgan fingerprint density at radius 3 is 2.65 bits per heavy atom. The predicted octanol–water partition coefficient (Wildman–Crippen LogP) is 0.195. The molecule has 0 spiro atoms. The molecular weight excluding hydrogens is 389 g/mol. The number of ether oxygens (including phenoxy) is 2. The van der Waals surface area contributed by atoms with Crippen molar-refractivity contribution >= 4 is 34.0 Å². The lowest BCUT2D eigenvalue weighted by atomic mass is 10.2. The van der Waals surface area contributed by atoms with Crippen molar-refractivity contribution in [2.45, 2.75) is 11.0 Å². The van der Waals surface area contributed by atoms with Crippen LogP contribution < -0.4 is 10.6 Å². The average Bonchev–Trinajstić information content (AvgIpc) is 2.64. The molecule has 2 saturated heterocycles. The van der Waals surface area contributed by atoms with Gasteiger partial charge in [0.2, 0.25) is 10.0 Å². The summed E-state index contributed by atoms with van der Waals surface area (Å²) in [5.74, 6) is -1.27. The SMILES string of the molecule is Cl.O=C(Nc1ccc(F)c(S(=O)(=O)N2CCOCC2)c1)C1CNCCO1. The fourth-order valence-corrected chi connectivity index (χ4v) is 4.16. The fourth-order valence-electron chi connectivity index (χ4n) is 2.66. The van der Waals surface area contributed by atoms with Gasteiger partial charge in [0.25, 0.3) is 5.91 Å². The third-order valence-corrected chi connectivity index (χ3v) is 5.92. The van der Waals surface area contributed by atoms with Gasteiger partial charge >= 0.3 is 0 Å². The molecular formula is C15H21ClFN3O5S. The van der Waals surface area contributed by atoms with Crippen molar-refractivity contribution in [1.82, 2.24) is 9.62 Å². The summed E-state index contributed by atoms with van der Waals surface area (Å²) in [5.41, 5.74) is 0.201. The van der Waals surface area contributed by atoms with E-state index in [4.69, 9.17) is 9.47 Å². The van der Waals surface area contributed by atoms with Gasteiger partial charge in [-0.1, -0.05) is 0 Å². The lowest BCUT2D eigenvalue weighted by Crippen LogP contribution is -2.45. The monoisotopic (exact) mass is 409 g/mol. The number of halogens is 2. The van der Waals surface area contributed by atoms with Crippen LogP contribution >= 0.6 is 12.4 Å². The molecule has 0 radical (unpaired) electrons. The van der Waals surface area contributed by atoms with E-state index in [1.54, 1.807) is 0 Å². The summed E-state index contributed by atoms with van der Waals surface area (Å²) in [6.07, 6.45) is -0.668. The highest BCUT2D eigenvalue weighted by atomic mass is 35.5. The number of hydrogen-bond acceptors (Lipinski definition) is 6. The normalized spacial score (nSPS) is 21.7. The summed E-state index contributed by atoms with van der Waals surface area (Å²) in [6.45, 7) is 2.32. The van der Waals surface area contributed by atoms with Gasteiger partial charge < -0.3 is 20.1 Å². The lowest BCUT2D eigenvalue weighted by Gasteiger charge is -2.26. The van der Waals surface area contributed by atoms with Crippen molar-refractivity contribution in [2.75, 3.05) is 51.3 Å². The average molecular weight is 410 g/mol. The first-order chi connectivity index (χ1) is 12.0. The summed E-state index contributed by atoms with van der Waals surface area (Å²) < 4.78 is 51.0. The molecule has 1 aromatic carbocycles. The number of sulfonamides is 1. The number of amides is 1. The molecule has 0 aromatic heterocycles. The Kier molecular flexibility index (Phi) is 7.33. The number of morpholine rings is 2. The van der Waals surface area contributed by atoms with E-state index < -0.39 is 32.7 Å². The van der Waals surface area contributed by atoms with Gasteiger partial charge in [-0.05, 0) is 18.2 Å². The largest absolute Gasteiger partial charge is 0.379 e. The number of carbonyl (C=O) groups excluding carboxylic acids is 1. The van der Waals surface area contributed by atoms with Crippen molar-refractivity contribution in [2.24, 2.45) is 0 Å². The van der Waals surface area contributed by atoms with Crippen LogP contribution in [0.1, 0.15) is 0 Å². The first-order valence-electron chi connectivity index (χ1n) is 7.99. The molecule has 0 aliphatic carbocycles. The zero-order valence-corrected chi connectivity index (χ0v) is 15.6. The lowest BCUT2D eigenvalue weighted by molar-refractivity contribution is -0.128. The molecule has 26 heavy (non-hydrogen) atoms. The summed E-state index contributed by atoms with van der Waals surface area (Å²) in [5, 5.41) is 5.61. The van der Waals surface area contributed by atoms with E-state index in [0.717, 1.165) is 12.1 Å². The Bertz CT molecular complexity index is 737. The molecule has 2 heterocycles. The zero-order chi connectivity index (χ0) is 17.9. The van der Waals surface area contributed by atoms with E-state index in [9.17, 15) is 17.6 Å². The van der Waals surface area contributed by atoms with Gasteiger partial charge in [-0.2, -0.15) is 4.31 Å². The van der Waals surface area contributed by atoms with Gasteiger partial charge in [-0.25, -0.2) is 12.8 Å². The molecule has 0 saturated carbocycles. The summed E-state index contributed by atoms with van der Waals surface area (Å²) in [6, 6.07) is 3.49. The molecule has 2 N–H and O–H groups in total. The Hall–Kier alpha value is -1.30. The van der Waals surface area contributed by atoms with Crippen LogP contribution in [0.15, 0.2) is 23.1 Å². The van der Waals surface area contributed by atoms with Crippen molar-refractivity contribution in [1.29, 1.82) is 0 Å². The second kappa shape index (κ2) is 9.07. The number of carbonyl (C=O) groups is 1. The van der Waals surface area contributed by atoms with Crippen molar-refractivity contribution < 1.29 is 27.1 Å². The highest BCUT2D eigenvalue weighted by molar-refractivity contribution is 7.89. The Morgan fingerprint density at radius 2 is 2.00 bits per heavy atom. The second-order valence-corrected chi connectivity index (χ2v) is 7.62. The third-order valence-electron chi connectivity index (χ3n) is 4.01. The minimum Gasteiger partial charge on any atom is -0.379 e. The summed E-state index contributed by atoms with van der Waals surface area (Å²) in [7, 11) is -3.99. The molecule has 1 unspecified atom stereocenters. The van der Waals surface area contributed by atoms with Gasteiger partial charge in [-0.15, -0.1) is 12.4 Å². The van der Waals surface area contributed by atoms with Crippen molar-refractivity contribution in [3.8, 4) is 0 Å². The van der Waals surface area contributed by atoms with Crippen LogP contribution in [-0.4, -0.2) is 70.7 Å². The first-order valence-corrected chi connectivity index (χ1v) is 9.43. The second-order valence-electron chi connectivity index (χ2n) is 5.71. The van der Waals surface area contributed by atoms with Crippen LogP contribution in [0.25, 0.3) is 0 Å². The molecule has 1 amide bonds. The van der Waals surface area contributed by atoms with E-state index >= 15 is 0 Å². The van der Waals surface area contributed by atoms with Crippen molar-refractivity contribution in [3.05, 3.63) is 24.0 Å². The predicted molar refractivity (Wildman–Crippen MR) is 94.5 cm³/mol. The number of rotatable bonds is 4. The standard InChI is InChI=1S/C15H20FN3O5S.ClH/c16-12-2-1-11(18-15(20)13-10-17-3-6-24-13)9-14(12)25(21,22)19-4-7-23-8-5-19;/h1-2,9,13,17H,3-8,10H2,(H,18,20);1H. The molecule has 3 rings (SSSR count). The van der Waals surface area contributed by atoms with Crippen LogP contribution in [0.5, 0.6) is 0 Å². The van der Waals surface area contributed by atoms with Gasteiger partial charge in [0.05, 0.1) is 19.8 Å². The molecule has 146 valence electrons. The third kappa shape index (κ3) is 4.70. The number of benzene rings is 1. The smallest absolute Gasteiger partial charge is 0.254 e. The van der Waals surface area contributed by atoms with E-state index in [2.05, 4.69) is 10.6 Å². The minimum atomic E-state index is -3.99. The van der Waals surface area contributed by atoms with Crippen molar-refractivity contribution in [3.63, 3.8) is 0 Å². The maximum atomic E-state index is 14.1. The number of hydrogen-bond donors (Lipinski definition) is 2. The van der Waals surface area contributed by atoms with Gasteiger partial charge in [-0.3, -0.25) is 4.79 Å². The van der Waals surface area contributed by atoms with Crippen LogP contribution in [0.4, 0.5) is 10.1 Å². The molecule has 8 nitrogen and oxygen atoms in total. The van der Waals surface area contributed by atoms with E-state index in [1.807, 2.05) is 0 Å². The maximum Gasteiger partial charge on any atom is 0.254 e. The number of nitrogens with one attached hydrogen (secondary N) is 2. The van der Waals surface area contributed by atoms with Crippen LogP contribution in [0.3, 0.4) is 0 Å². The Morgan fingerprint density at radius 1 is 1.27 bits per heavy atom. The minimum absolute atomic E-state index is 0. The van der Waals surface area contributed by atoms with E-state index in [0.29, 0.717) is 19.7 Å². The molecule has 2 aliphatic heterocycles. The first kappa shape index (κ1) is 21.0. The van der Waals surface area contributed by atoms with E-state index in [-0.39, 0.29) is 44.4 Å². The highest BCUT2D eigenvalue weighted by Gasteiger charge is 2.30. The molecule has 2 aliphatic rings. The van der Waals surface area contributed by atoms with Gasteiger partial charge in [0, 0.05) is 31.9 Å². The van der Waals surface area contributed by atoms with E-state index in [1.165, 1.54) is 10.4 Å². The molecule has 1 atom stereocenters. The van der Waals surface area contributed by atoms with Crippen LogP contribution in [0, 0.1) is 5.82 Å². The Labute approximate surface area is 157 Å². The fraction of sp³-hybridized carbons (Fsp3) is 0.533.